The SMILES string of the molecule is COC1(CC(C)=O)Oc2cc(C=Cc3ccc(O)c(O)c3)oc(=O)c2C1=Cc1ccc(O)c(O)c1. The van der Waals surface area contributed by atoms with Crippen LogP contribution in [0.15, 0.2) is 51.7 Å². The minimum absolute atomic E-state index is 0.0556. The van der Waals surface area contributed by atoms with Gasteiger partial charge in [0.2, 0.25) is 5.79 Å². The van der Waals surface area contributed by atoms with Crippen molar-refractivity contribution in [2.75, 3.05) is 7.11 Å². The fourth-order valence-corrected chi connectivity index (χ4v) is 3.80. The molecule has 1 aliphatic rings. The molecule has 0 amide bonds. The summed E-state index contributed by atoms with van der Waals surface area (Å²) >= 11 is 0. The molecule has 9 heteroatoms. The third kappa shape index (κ3) is 4.62. The first kappa shape index (κ1) is 23.7. The van der Waals surface area contributed by atoms with E-state index in [1.54, 1.807) is 12.1 Å². The maximum absolute atomic E-state index is 13.0. The molecule has 4 rings (SSSR count). The summed E-state index contributed by atoms with van der Waals surface area (Å²) in [6, 6.07) is 9.78. The van der Waals surface area contributed by atoms with E-state index in [0.29, 0.717) is 11.1 Å². The average molecular weight is 478 g/mol. The predicted molar refractivity (Wildman–Crippen MR) is 127 cm³/mol. The average Bonchev–Trinajstić information content (AvgIpc) is 3.10. The van der Waals surface area contributed by atoms with Gasteiger partial charge in [0.1, 0.15) is 22.9 Å². The summed E-state index contributed by atoms with van der Waals surface area (Å²) in [6.45, 7) is 1.36. The lowest BCUT2D eigenvalue weighted by atomic mass is 9.94. The maximum Gasteiger partial charge on any atom is 0.347 e. The van der Waals surface area contributed by atoms with E-state index in [4.69, 9.17) is 13.9 Å². The second-order valence-corrected chi connectivity index (χ2v) is 8.00. The number of hydrogen-bond acceptors (Lipinski definition) is 9. The van der Waals surface area contributed by atoms with Crippen LogP contribution in [0.3, 0.4) is 0 Å². The van der Waals surface area contributed by atoms with Crippen molar-refractivity contribution in [3.8, 4) is 28.7 Å². The van der Waals surface area contributed by atoms with E-state index in [9.17, 15) is 30.0 Å². The summed E-state index contributed by atoms with van der Waals surface area (Å²) in [5.74, 6) is -2.82. The zero-order valence-electron chi connectivity index (χ0n) is 18.8. The Labute approximate surface area is 199 Å². The zero-order chi connectivity index (χ0) is 25.3. The maximum atomic E-state index is 13.0. The first-order chi connectivity index (χ1) is 16.6. The van der Waals surface area contributed by atoms with E-state index < -0.39 is 11.4 Å². The van der Waals surface area contributed by atoms with Crippen LogP contribution in [-0.4, -0.2) is 39.1 Å². The Morgan fingerprint density at radius 3 is 2.17 bits per heavy atom. The van der Waals surface area contributed by atoms with Crippen LogP contribution < -0.4 is 10.4 Å². The molecule has 0 bridgehead atoms. The Morgan fingerprint density at radius 1 is 0.943 bits per heavy atom. The summed E-state index contributed by atoms with van der Waals surface area (Å²) in [5.41, 5.74) is 0.502. The van der Waals surface area contributed by atoms with Crippen LogP contribution in [0.2, 0.25) is 0 Å². The van der Waals surface area contributed by atoms with Gasteiger partial charge in [0, 0.05) is 18.7 Å². The third-order valence-corrected chi connectivity index (χ3v) is 5.45. The topological polar surface area (TPSA) is 147 Å². The van der Waals surface area contributed by atoms with Gasteiger partial charge in [-0.15, -0.1) is 0 Å². The summed E-state index contributed by atoms with van der Waals surface area (Å²) in [7, 11) is 1.34. The highest BCUT2D eigenvalue weighted by atomic mass is 16.7. The van der Waals surface area contributed by atoms with Gasteiger partial charge in [0.25, 0.3) is 0 Å². The van der Waals surface area contributed by atoms with Crippen molar-refractivity contribution in [2.24, 2.45) is 0 Å². The highest BCUT2D eigenvalue weighted by Crippen LogP contribution is 2.46. The van der Waals surface area contributed by atoms with Crippen molar-refractivity contribution >= 4 is 29.6 Å². The number of fused-ring (bicyclic) bond motifs is 1. The molecule has 3 aromatic rings. The minimum atomic E-state index is -1.61. The van der Waals surface area contributed by atoms with E-state index in [1.807, 2.05) is 0 Å². The van der Waals surface area contributed by atoms with Crippen LogP contribution in [0.1, 0.15) is 35.8 Å². The molecule has 180 valence electrons. The van der Waals surface area contributed by atoms with Gasteiger partial charge in [-0.25, -0.2) is 4.79 Å². The monoisotopic (exact) mass is 478 g/mol. The summed E-state index contributed by atoms with van der Waals surface area (Å²) in [4.78, 5) is 25.1. The molecule has 0 saturated carbocycles. The molecule has 1 aliphatic heterocycles. The number of benzene rings is 2. The van der Waals surface area contributed by atoms with Gasteiger partial charge in [-0.1, -0.05) is 18.2 Å². The van der Waals surface area contributed by atoms with E-state index in [0.717, 1.165) is 0 Å². The Balaban J connectivity index is 1.81. The van der Waals surface area contributed by atoms with Gasteiger partial charge >= 0.3 is 5.63 Å². The van der Waals surface area contributed by atoms with Crippen LogP contribution in [0.5, 0.6) is 28.7 Å². The molecule has 1 unspecified atom stereocenters. The fourth-order valence-electron chi connectivity index (χ4n) is 3.80. The van der Waals surface area contributed by atoms with Gasteiger partial charge in [-0.05, 0) is 54.5 Å². The van der Waals surface area contributed by atoms with Crippen LogP contribution in [0.4, 0.5) is 0 Å². The molecule has 2 heterocycles. The van der Waals surface area contributed by atoms with Gasteiger partial charge in [0.05, 0.1) is 6.42 Å². The van der Waals surface area contributed by atoms with Crippen molar-refractivity contribution < 1.29 is 39.1 Å². The van der Waals surface area contributed by atoms with Crippen molar-refractivity contribution in [1.82, 2.24) is 0 Å². The number of carbonyl (C=O) groups excluding carboxylic acids is 1. The molecule has 1 aromatic heterocycles. The normalized spacial score (nSPS) is 18.1. The van der Waals surface area contributed by atoms with Crippen LogP contribution >= 0.6 is 0 Å². The van der Waals surface area contributed by atoms with Crippen LogP contribution in [0, 0.1) is 0 Å². The zero-order valence-corrected chi connectivity index (χ0v) is 18.8. The Kier molecular flexibility index (Phi) is 6.10. The molecule has 0 aliphatic carbocycles. The number of phenolic OH excluding ortho intramolecular Hbond substituents is 4. The van der Waals surface area contributed by atoms with Gasteiger partial charge in [-0.2, -0.15) is 0 Å². The fraction of sp³-hybridized carbons (Fsp3) is 0.154. The van der Waals surface area contributed by atoms with Gasteiger partial charge in [-0.3, -0.25) is 4.79 Å². The van der Waals surface area contributed by atoms with Crippen molar-refractivity contribution in [3.63, 3.8) is 0 Å². The number of phenols is 4. The van der Waals surface area contributed by atoms with Crippen molar-refractivity contribution in [1.29, 1.82) is 0 Å². The molecule has 35 heavy (non-hydrogen) atoms. The second kappa shape index (κ2) is 9.03. The first-order valence-electron chi connectivity index (χ1n) is 10.5. The lowest BCUT2D eigenvalue weighted by Crippen LogP contribution is -2.38. The molecule has 2 aromatic carbocycles. The lowest BCUT2D eigenvalue weighted by molar-refractivity contribution is -0.138. The molecule has 9 nitrogen and oxygen atoms in total. The van der Waals surface area contributed by atoms with Crippen molar-refractivity contribution in [2.45, 2.75) is 19.1 Å². The van der Waals surface area contributed by atoms with Crippen LogP contribution in [0.25, 0.3) is 23.8 Å². The molecule has 0 radical (unpaired) electrons. The predicted octanol–water partition coefficient (Wildman–Crippen LogP) is 3.89. The number of ether oxygens (including phenoxy) is 2. The van der Waals surface area contributed by atoms with E-state index >= 15 is 0 Å². The number of carbonyl (C=O) groups is 1. The largest absolute Gasteiger partial charge is 0.504 e. The molecule has 0 saturated heterocycles. The molecular formula is C26H22O9. The van der Waals surface area contributed by atoms with Crippen molar-refractivity contribution in [3.05, 3.63) is 75.3 Å². The lowest BCUT2D eigenvalue weighted by Gasteiger charge is -2.27. The van der Waals surface area contributed by atoms with Crippen LogP contribution in [-0.2, 0) is 9.53 Å². The highest BCUT2D eigenvalue weighted by Gasteiger charge is 2.48. The third-order valence-electron chi connectivity index (χ3n) is 5.45. The smallest absolute Gasteiger partial charge is 0.347 e. The minimum Gasteiger partial charge on any atom is -0.504 e. The van der Waals surface area contributed by atoms with E-state index in [-0.39, 0.29) is 57.8 Å². The molecular weight excluding hydrogens is 456 g/mol. The second-order valence-electron chi connectivity index (χ2n) is 8.00. The Morgan fingerprint density at radius 2 is 1.57 bits per heavy atom. The first-order valence-corrected chi connectivity index (χ1v) is 10.5. The Hall–Kier alpha value is -4.50. The standard InChI is InChI=1S/C26H22O9/c1-14(27)13-26(33-2)18(9-16-5-8-20(29)22(31)11-16)24-23(35-26)12-17(34-25(24)32)6-3-15-4-7-19(28)21(30)10-15/h3-12,28-31H,13H2,1-2H3. The Bertz CT molecular complexity index is 1430. The number of rotatable bonds is 6. The highest BCUT2D eigenvalue weighted by molar-refractivity contribution is 5.93. The van der Waals surface area contributed by atoms with Gasteiger partial charge < -0.3 is 34.3 Å². The summed E-state index contributed by atoms with van der Waals surface area (Å²) in [6.07, 6.45) is 4.36. The molecule has 4 N–H and O–H groups in total. The van der Waals surface area contributed by atoms with E-state index in [1.165, 1.54) is 62.6 Å². The summed E-state index contributed by atoms with van der Waals surface area (Å²) < 4.78 is 17.1. The summed E-state index contributed by atoms with van der Waals surface area (Å²) in [5, 5.41) is 38.6. The van der Waals surface area contributed by atoms with Gasteiger partial charge in [0.15, 0.2) is 23.0 Å². The number of aromatic hydroxyl groups is 4. The number of ketones is 1. The number of hydrogen-bond donors (Lipinski definition) is 4. The van der Waals surface area contributed by atoms with E-state index in [2.05, 4.69) is 0 Å². The number of Topliss-reactive ketones (excluding diaryl/α,β-unsaturated/α-hetero) is 1. The quantitative estimate of drug-likeness (QED) is 0.387. The number of methoxy groups -OCH3 is 1. The molecule has 0 fully saturated rings. The molecule has 0 spiro atoms. The molecule has 1 atom stereocenters.